The van der Waals surface area contributed by atoms with Crippen LogP contribution in [-0.2, 0) is 11.3 Å². The lowest BCUT2D eigenvalue weighted by molar-refractivity contribution is 0.199. The zero-order valence-electron chi connectivity index (χ0n) is 11.4. The summed E-state index contributed by atoms with van der Waals surface area (Å²) in [6, 6.07) is 6.15. The van der Waals surface area contributed by atoms with Crippen LogP contribution in [0.25, 0.3) is 0 Å². The Hall–Kier alpha value is -1.72. The van der Waals surface area contributed by atoms with Crippen molar-refractivity contribution in [2.45, 2.75) is 19.5 Å². The number of nitrogens with zero attached hydrogens (tertiary/aromatic N) is 3. The first-order valence-corrected chi connectivity index (χ1v) is 6.44. The van der Waals surface area contributed by atoms with Crippen molar-refractivity contribution in [2.75, 3.05) is 20.3 Å². The summed E-state index contributed by atoms with van der Waals surface area (Å²) in [4.78, 5) is 8.63. The normalized spacial score (nSPS) is 12.5. The molecule has 0 spiro atoms. The standard InChI is InChI=1S/C14H20N4O/c1-12(14-5-3-4-6-17-14)18-11-16-10-13(18)9-15-7-8-19-2/h3-6,10-12,15H,7-9H2,1-2H3. The van der Waals surface area contributed by atoms with Gasteiger partial charge in [0.1, 0.15) is 0 Å². The van der Waals surface area contributed by atoms with Gasteiger partial charge in [0.05, 0.1) is 30.4 Å². The maximum absolute atomic E-state index is 5.01. The van der Waals surface area contributed by atoms with E-state index in [2.05, 4.69) is 26.8 Å². The summed E-state index contributed by atoms with van der Waals surface area (Å²) in [6.45, 7) is 4.45. The average Bonchev–Trinajstić information content (AvgIpc) is 2.92. The molecule has 0 aliphatic rings. The van der Waals surface area contributed by atoms with E-state index in [4.69, 9.17) is 4.74 Å². The predicted molar refractivity (Wildman–Crippen MR) is 73.9 cm³/mol. The Labute approximate surface area is 113 Å². The van der Waals surface area contributed by atoms with Crippen molar-refractivity contribution in [3.8, 4) is 0 Å². The fraction of sp³-hybridized carbons (Fsp3) is 0.429. The maximum Gasteiger partial charge on any atom is 0.0954 e. The molecule has 0 aliphatic heterocycles. The predicted octanol–water partition coefficient (Wildman–Crippen LogP) is 1.62. The van der Waals surface area contributed by atoms with Crippen LogP contribution >= 0.6 is 0 Å². The topological polar surface area (TPSA) is 52.0 Å². The van der Waals surface area contributed by atoms with E-state index < -0.39 is 0 Å². The minimum atomic E-state index is 0.183. The number of ether oxygens (including phenoxy) is 1. The number of pyridine rings is 1. The van der Waals surface area contributed by atoms with Crippen molar-refractivity contribution >= 4 is 0 Å². The number of imidazole rings is 1. The van der Waals surface area contributed by atoms with E-state index in [-0.39, 0.29) is 6.04 Å². The second-order valence-corrected chi connectivity index (χ2v) is 4.39. The SMILES string of the molecule is COCCNCc1cncn1C(C)c1ccccn1. The van der Waals surface area contributed by atoms with E-state index in [0.29, 0.717) is 6.61 Å². The second kappa shape index (κ2) is 7.01. The summed E-state index contributed by atoms with van der Waals surface area (Å²) < 4.78 is 7.15. The number of hydrogen-bond donors (Lipinski definition) is 1. The van der Waals surface area contributed by atoms with Crippen LogP contribution in [0, 0.1) is 0 Å². The Bertz CT molecular complexity index is 483. The first-order chi connectivity index (χ1) is 9.33. The molecule has 102 valence electrons. The van der Waals surface area contributed by atoms with Crippen molar-refractivity contribution < 1.29 is 4.74 Å². The van der Waals surface area contributed by atoms with E-state index >= 15 is 0 Å². The molecule has 2 aromatic heterocycles. The third-order valence-electron chi connectivity index (χ3n) is 3.07. The third-order valence-corrected chi connectivity index (χ3v) is 3.07. The Balaban J connectivity index is 2.02. The lowest BCUT2D eigenvalue weighted by atomic mass is 10.2. The monoisotopic (exact) mass is 260 g/mol. The minimum Gasteiger partial charge on any atom is -0.383 e. The molecule has 0 saturated carbocycles. The lowest BCUT2D eigenvalue weighted by Crippen LogP contribution is -2.21. The van der Waals surface area contributed by atoms with Gasteiger partial charge in [-0.25, -0.2) is 4.98 Å². The van der Waals surface area contributed by atoms with E-state index in [9.17, 15) is 0 Å². The number of rotatable bonds is 7. The molecule has 0 amide bonds. The summed E-state index contributed by atoms with van der Waals surface area (Å²) in [7, 11) is 1.70. The molecular weight excluding hydrogens is 240 g/mol. The van der Waals surface area contributed by atoms with Crippen molar-refractivity contribution in [2.24, 2.45) is 0 Å². The third kappa shape index (κ3) is 3.62. The maximum atomic E-state index is 5.01. The molecule has 0 aliphatic carbocycles. The molecule has 2 heterocycles. The summed E-state index contributed by atoms with van der Waals surface area (Å²) in [5.74, 6) is 0. The number of methoxy groups -OCH3 is 1. The van der Waals surface area contributed by atoms with Gasteiger partial charge >= 0.3 is 0 Å². The molecular formula is C14H20N4O. The largest absolute Gasteiger partial charge is 0.383 e. The zero-order valence-corrected chi connectivity index (χ0v) is 11.4. The highest BCUT2D eigenvalue weighted by Crippen LogP contribution is 2.17. The molecule has 1 N–H and O–H groups in total. The molecule has 1 atom stereocenters. The molecule has 19 heavy (non-hydrogen) atoms. The van der Waals surface area contributed by atoms with Gasteiger partial charge in [-0.1, -0.05) is 6.07 Å². The number of hydrogen-bond acceptors (Lipinski definition) is 4. The van der Waals surface area contributed by atoms with Crippen LogP contribution in [0.5, 0.6) is 0 Å². The summed E-state index contributed by atoms with van der Waals surface area (Å²) in [6.07, 6.45) is 5.56. The van der Waals surface area contributed by atoms with Crippen molar-refractivity contribution in [1.82, 2.24) is 19.9 Å². The molecule has 1 unspecified atom stereocenters. The van der Waals surface area contributed by atoms with Gasteiger partial charge in [-0.3, -0.25) is 4.98 Å². The number of nitrogens with one attached hydrogen (secondary N) is 1. The van der Waals surface area contributed by atoms with Crippen LogP contribution in [0.4, 0.5) is 0 Å². The van der Waals surface area contributed by atoms with E-state index in [1.807, 2.05) is 36.9 Å². The molecule has 5 heteroatoms. The summed E-state index contributed by atoms with van der Waals surface area (Å²) >= 11 is 0. The van der Waals surface area contributed by atoms with Gasteiger partial charge < -0.3 is 14.6 Å². The van der Waals surface area contributed by atoms with Gasteiger partial charge in [-0.2, -0.15) is 0 Å². The van der Waals surface area contributed by atoms with Crippen LogP contribution < -0.4 is 5.32 Å². The smallest absolute Gasteiger partial charge is 0.0954 e. The van der Waals surface area contributed by atoms with E-state index in [1.165, 1.54) is 0 Å². The fourth-order valence-corrected chi connectivity index (χ4v) is 1.97. The molecule has 0 saturated heterocycles. The Kier molecular flexibility index (Phi) is 5.06. The molecule has 0 fully saturated rings. The molecule has 2 aromatic rings. The van der Waals surface area contributed by atoms with Gasteiger partial charge in [0.25, 0.3) is 0 Å². The van der Waals surface area contributed by atoms with Gasteiger partial charge in [-0.05, 0) is 19.1 Å². The summed E-state index contributed by atoms with van der Waals surface area (Å²) in [5, 5.41) is 3.33. The molecule has 0 bridgehead atoms. The van der Waals surface area contributed by atoms with Crippen LogP contribution in [0.3, 0.4) is 0 Å². The zero-order chi connectivity index (χ0) is 13.5. The lowest BCUT2D eigenvalue weighted by Gasteiger charge is -2.16. The molecule has 0 aromatic carbocycles. The van der Waals surface area contributed by atoms with E-state index in [0.717, 1.165) is 24.5 Å². The average molecular weight is 260 g/mol. The molecule has 5 nitrogen and oxygen atoms in total. The van der Waals surface area contributed by atoms with Gasteiger partial charge in [-0.15, -0.1) is 0 Å². The Morgan fingerprint density at radius 2 is 2.32 bits per heavy atom. The Morgan fingerprint density at radius 3 is 3.05 bits per heavy atom. The van der Waals surface area contributed by atoms with Gasteiger partial charge in [0, 0.05) is 32.6 Å². The first kappa shape index (κ1) is 13.7. The van der Waals surface area contributed by atoms with Gasteiger partial charge in [0.15, 0.2) is 0 Å². The molecule has 2 rings (SSSR count). The summed E-state index contributed by atoms with van der Waals surface area (Å²) in [5.41, 5.74) is 2.19. The van der Waals surface area contributed by atoms with Crippen molar-refractivity contribution in [1.29, 1.82) is 0 Å². The van der Waals surface area contributed by atoms with Crippen LogP contribution in [0.15, 0.2) is 36.9 Å². The van der Waals surface area contributed by atoms with Crippen LogP contribution in [-0.4, -0.2) is 34.8 Å². The first-order valence-electron chi connectivity index (χ1n) is 6.44. The fourth-order valence-electron chi connectivity index (χ4n) is 1.97. The van der Waals surface area contributed by atoms with Crippen LogP contribution in [0.2, 0.25) is 0 Å². The van der Waals surface area contributed by atoms with Crippen LogP contribution in [0.1, 0.15) is 24.4 Å². The highest BCUT2D eigenvalue weighted by molar-refractivity contribution is 5.12. The highest BCUT2D eigenvalue weighted by Gasteiger charge is 2.11. The molecule has 0 radical (unpaired) electrons. The number of aromatic nitrogens is 3. The van der Waals surface area contributed by atoms with Crippen molar-refractivity contribution in [3.63, 3.8) is 0 Å². The van der Waals surface area contributed by atoms with Gasteiger partial charge in [0.2, 0.25) is 0 Å². The second-order valence-electron chi connectivity index (χ2n) is 4.39. The minimum absolute atomic E-state index is 0.183. The Morgan fingerprint density at radius 1 is 1.42 bits per heavy atom. The highest BCUT2D eigenvalue weighted by atomic mass is 16.5. The van der Waals surface area contributed by atoms with E-state index in [1.54, 1.807) is 7.11 Å². The van der Waals surface area contributed by atoms with Crippen molar-refractivity contribution in [3.05, 3.63) is 48.3 Å². The quantitative estimate of drug-likeness (QED) is 0.769.